The molecule has 3 rings (SSSR count). The third kappa shape index (κ3) is 5.45. The highest BCUT2D eigenvalue weighted by Gasteiger charge is 2.31. The number of hydrogen-bond donors (Lipinski definition) is 1. The van der Waals surface area contributed by atoms with Crippen LogP contribution in [-0.4, -0.2) is 49.6 Å². The minimum atomic E-state index is -2.14. The number of anilines is 1. The van der Waals surface area contributed by atoms with Crippen LogP contribution in [0.4, 0.5) is 27.6 Å². The first-order valence-corrected chi connectivity index (χ1v) is 10.5. The van der Waals surface area contributed by atoms with Crippen LogP contribution in [0.5, 0.6) is 0 Å². The number of piperazine rings is 1. The summed E-state index contributed by atoms with van der Waals surface area (Å²) in [4.78, 5) is 14.8. The molecule has 2 fully saturated rings. The van der Waals surface area contributed by atoms with Gasteiger partial charge in [-0.05, 0) is 44.6 Å². The molecule has 0 unspecified atom stereocenters. The number of nitrogens with one attached hydrogen (secondary N) is 1. The third-order valence-corrected chi connectivity index (χ3v) is 6.18. The van der Waals surface area contributed by atoms with Crippen molar-refractivity contribution in [3.8, 4) is 6.07 Å². The number of nitriles is 1. The standard InChI is InChI=1S/C21H25F5N4O/c22-16-17(23)19(25)21(20(26)18(16)24)30-11-9-29(10-12-30)8-6-13-1-3-14(4-2-13)28-15(31)5-7-27/h13-14H,1-6,8-12H2,(H,28,31). The molecule has 0 spiro atoms. The molecular weight excluding hydrogens is 419 g/mol. The van der Waals surface area contributed by atoms with E-state index >= 15 is 0 Å². The highest BCUT2D eigenvalue weighted by molar-refractivity contribution is 5.78. The van der Waals surface area contributed by atoms with E-state index in [1.54, 1.807) is 0 Å². The minimum Gasteiger partial charge on any atom is -0.364 e. The minimum absolute atomic E-state index is 0.113. The zero-order valence-electron chi connectivity index (χ0n) is 17.1. The smallest absolute Gasteiger partial charge is 0.234 e. The largest absolute Gasteiger partial charge is 0.364 e. The van der Waals surface area contributed by atoms with E-state index in [0.29, 0.717) is 19.0 Å². The van der Waals surface area contributed by atoms with Gasteiger partial charge in [-0.3, -0.25) is 9.69 Å². The molecule has 2 aliphatic rings. The Morgan fingerprint density at radius 2 is 1.45 bits per heavy atom. The number of carbonyl (C=O) groups is 1. The van der Waals surface area contributed by atoms with E-state index < -0.39 is 34.8 Å². The van der Waals surface area contributed by atoms with E-state index in [-0.39, 0.29) is 31.5 Å². The molecule has 0 atom stereocenters. The van der Waals surface area contributed by atoms with Crippen molar-refractivity contribution < 1.29 is 26.7 Å². The molecule has 1 saturated carbocycles. The Balaban J connectivity index is 1.44. The summed E-state index contributed by atoms with van der Waals surface area (Å²) in [7, 11) is 0. The summed E-state index contributed by atoms with van der Waals surface area (Å²) in [5.41, 5.74) is -0.854. The van der Waals surface area contributed by atoms with E-state index in [2.05, 4.69) is 10.2 Å². The average molecular weight is 444 g/mol. The molecule has 1 aliphatic heterocycles. The second-order valence-electron chi connectivity index (χ2n) is 8.16. The maximum Gasteiger partial charge on any atom is 0.234 e. The normalized spacial score (nSPS) is 22.3. The van der Waals surface area contributed by atoms with Crippen LogP contribution >= 0.6 is 0 Å². The fourth-order valence-corrected chi connectivity index (χ4v) is 4.38. The molecule has 5 nitrogen and oxygen atoms in total. The van der Waals surface area contributed by atoms with Gasteiger partial charge in [-0.25, -0.2) is 22.0 Å². The predicted molar refractivity (Wildman–Crippen MR) is 104 cm³/mol. The fourth-order valence-electron chi connectivity index (χ4n) is 4.38. The summed E-state index contributed by atoms with van der Waals surface area (Å²) in [6.45, 7) is 2.09. The topological polar surface area (TPSA) is 59.4 Å². The van der Waals surface area contributed by atoms with Crippen molar-refractivity contribution in [1.82, 2.24) is 10.2 Å². The van der Waals surface area contributed by atoms with Gasteiger partial charge in [0.05, 0.1) is 6.07 Å². The Morgan fingerprint density at radius 1 is 0.903 bits per heavy atom. The van der Waals surface area contributed by atoms with Crippen LogP contribution in [0.3, 0.4) is 0 Å². The molecule has 10 heteroatoms. The molecule has 1 amide bonds. The van der Waals surface area contributed by atoms with Crippen molar-refractivity contribution in [2.24, 2.45) is 5.92 Å². The second-order valence-corrected chi connectivity index (χ2v) is 8.16. The molecule has 1 aliphatic carbocycles. The van der Waals surface area contributed by atoms with Crippen LogP contribution in [0.2, 0.25) is 0 Å². The summed E-state index contributed by atoms with van der Waals surface area (Å²) in [6.07, 6.45) is 4.51. The molecule has 1 aromatic carbocycles. The summed E-state index contributed by atoms with van der Waals surface area (Å²) < 4.78 is 68.2. The van der Waals surface area contributed by atoms with E-state index in [9.17, 15) is 26.7 Å². The maximum atomic E-state index is 14.0. The average Bonchev–Trinajstić information content (AvgIpc) is 2.77. The first-order chi connectivity index (χ1) is 14.8. The lowest BCUT2D eigenvalue weighted by atomic mass is 9.84. The lowest BCUT2D eigenvalue weighted by Crippen LogP contribution is -2.47. The van der Waals surface area contributed by atoms with Crippen molar-refractivity contribution >= 4 is 11.6 Å². The summed E-state index contributed by atoms with van der Waals surface area (Å²) >= 11 is 0. The summed E-state index contributed by atoms with van der Waals surface area (Å²) in [5, 5.41) is 11.4. The van der Waals surface area contributed by atoms with Crippen LogP contribution in [0.15, 0.2) is 0 Å². The molecule has 1 aromatic rings. The fraction of sp³-hybridized carbons (Fsp3) is 0.619. The van der Waals surface area contributed by atoms with E-state index in [1.807, 2.05) is 6.07 Å². The van der Waals surface area contributed by atoms with Gasteiger partial charge in [0, 0.05) is 32.2 Å². The van der Waals surface area contributed by atoms with Crippen molar-refractivity contribution in [3.63, 3.8) is 0 Å². The molecular formula is C21H25F5N4O. The molecule has 1 N–H and O–H groups in total. The van der Waals surface area contributed by atoms with Crippen LogP contribution in [0.1, 0.15) is 38.5 Å². The van der Waals surface area contributed by atoms with Gasteiger partial charge in [0.2, 0.25) is 11.7 Å². The number of hydrogen-bond acceptors (Lipinski definition) is 4. The Morgan fingerprint density at radius 3 is 2.00 bits per heavy atom. The highest BCUT2D eigenvalue weighted by Crippen LogP contribution is 2.31. The number of halogens is 5. The van der Waals surface area contributed by atoms with E-state index in [0.717, 1.165) is 38.6 Å². The molecule has 170 valence electrons. The first-order valence-electron chi connectivity index (χ1n) is 10.5. The van der Waals surface area contributed by atoms with Gasteiger partial charge in [0.25, 0.3) is 0 Å². The number of carbonyl (C=O) groups excluding carboxylic acids is 1. The van der Waals surface area contributed by atoms with E-state index in [1.165, 1.54) is 4.90 Å². The van der Waals surface area contributed by atoms with Crippen molar-refractivity contribution in [2.75, 3.05) is 37.6 Å². The molecule has 31 heavy (non-hydrogen) atoms. The zero-order valence-corrected chi connectivity index (χ0v) is 17.1. The molecule has 1 saturated heterocycles. The lowest BCUT2D eigenvalue weighted by Gasteiger charge is -2.37. The quantitative estimate of drug-likeness (QED) is 0.415. The van der Waals surface area contributed by atoms with Gasteiger partial charge in [0.15, 0.2) is 23.3 Å². The predicted octanol–water partition coefficient (Wildman–Crippen LogP) is 3.48. The van der Waals surface area contributed by atoms with Gasteiger partial charge < -0.3 is 10.2 Å². The summed E-state index contributed by atoms with van der Waals surface area (Å²) in [5.74, 6) is -9.29. The Bertz CT molecular complexity index is 814. The van der Waals surface area contributed by atoms with Crippen LogP contribution in [-0.2, 0) is 4.79 Å². The highest BCUT2D eigenvalue weighted by atomic mass is 19.2. The lowest BCUT2D eigenvalue weighted by molar-refractivity contribution is -0.121. The number of benzene rings is 1. The Kier molecular flexibility index (Phi) is 7.70. The van der Waals surface area contributed by atoms with Gasteiger partial charge in [0.1, 0.15) is 12.1 Å². The van der Waals surface area contributed by atoms with Crippen LogP contribution < -0.4 is 10.2 Å². The molecule has 0 bridgehead atoms. The van der Waals surface area contributed by atoms with Crippen molar-refractivity contribution in [3.05, 3.63) is 29.1 Å². The number of rotatable bonds is 6. The van der Waals surface area contributed by atoms with Gasteiger partial charge in [-0.15, -0.1) is 0 Å². The SMILES string of the molecule is N#CCC(=O)NC1CCC(CCN2CCN(c3c(F)c(F)c(F)c(F)c3F)CC2)CC1. The molecule has 0 aromatic heterocycles. The second kappa shape index (κ2) is 10.3. The molecule has 1 heterocycles. The maximum absolute atomic E-state index is 14.0. The van der Waals surface area contributed by atoms with Gasteiger partial charge in [-0.1, -0.05) is 0 Å². The van der Waals surface area contributed by atoms with Crippen LogP contribution in [0.25, 0.3) is 0 Å². The van der Waals surface area contributed by atoms with E-state index in [4.69, 9.17) is 5.26 Å². The Labute approximate surface area is 177 Å². The van der Waals surface area contributed by atoms with Crippen LogP contribution in [0, 0.1) is 46.3 Å². The van der Waals surface area contributed by atoms with Gasteiger partial charge >= 0.3 is 0 Å². The number of nitrogens with zero attached hydrogens (tertiary/aromatic N) is 3. The monoisotopic (exact) mass is 444 g/mol. The first kappa shape index (κ1) is 23.3. The summed E-state index contributed by atoms with van der Waals surface area (Å²) in [6, 6.07) is 1.95. The zero-order chi connectivity index (χ0) is 22.5. The van der Waals surface area contributed by atoms with Gasteiger partial charge in [-0.2, -0.15) is 5.26 Å². The molecule has 0 radical (unpaired) electrons. The number of amides is 1. The third-order valence-electron chi connectivity index (χ3n) is 6.18. The Hall–Kier alpha value is -2.41. The van der Waals surface area contributed by atoms with Crippen molar-refractivity contribution in [2.45, 2.75) is 44.6 Å². The van der Waals surface area contributed by atoms with Crippen molar-refractivity contribution in [1.29, 1.82) is 5.26 Å².